The SMILES string of the molecule is CC(C)(C)OC(=O)c1cn2c(n1)CCC(CN)C2. The van der Waals surface area contributed by atoms with Crippen LogP contribution in [0.3, 0.4) is 0 Å². The van der Waals surface area contributed by atoms with E-state index in [4.69, 9.17) is 10.5 Å². The molecule has 18 heavy (non-hydrogen) atoms. The number of aromatic nitrogens is 2. The van der Waals surface area contributed by atoms with Gasteiger partial charge in [0.25, 0.3) is 0 Å². The quantitative estimate of drug-likeness (QED) is 0.806. The summed E-state index contributed by atoms with van der Waals surface area (Å²) < 4.78 is 7.34. The van der Waals surface area contributed by atoms with Crippen LogP contribution in [-0.2, 0) is 17.7 Å². The molecule has 1 aliphatic rings. The summed E-state index contributed by atoms with van der Waals surface area (Å²) in [4.78, 5) is 16.3. The molecule has 1 aromatic heterocycles. The fourth-order valence-electron chi connectivity index (χ4n) is 2.14. The molecule has 1 unspecified atom stereocenters. The third kappa shape index (κ3) is 2.90. The predicted octanol–water partition coefficient (Wildman–Crippen LogP) is 1.36. The molecule has 5 heteroatoms. The third-order valence-corrected chi connectivity index (χ3v) is 3.03. The van der Waals surface area contributed by atoms with Gasteiger partial charge in [-0.1, -0.05) is 0 Å². The molecule has 0 saturated heterocycles. The van der Waals surface area contributed by atoms with E-state index in [1.165, 1.54) is 0 Å². The first-order valence-corrected chi connectivity index (χ1v) is 6.38. The number of aryl methyl sites for hydroxylation is 1. The summed E-state index contributed by atoms with van der Waals surface area (Å²) in [6.45, 7) is 7.09. The Kier molecular flexibility index (Phi) is 3.43. The lowest BCUT2D eigenvalue weighted by Gasteiger charge is -2.21. The summed E-state index contributed by atoms with van der Waals surface area (Å²) in [5, 5.41) is 0. The molecular weight excluding hydrogens is 230 g/mol. The van der Waals surface area contributed by atoms with Crippen LogP contribution >= 0.6 is 0 Å². The number of fused-ring (bicyclic) bond motifs is 1. The van der Waals surface area contributed by atoms with Crippen LogP contribution < -0.4 is 5.73 Å². The lowest BCUT2D eigenvalue weighted by Crippen LogP contribution is -2.26. The van der Waals surface area contributed by atoms with Crippen LogP contribution in [0, 0.1) is 5.92 Å². The Morgan fingerprint density at radius 1 is 1.61 bits per heavy atom. The highest BCUT2D eigenvalue weighted by atomic mass is 16.6. The molecule has 2 heterocycles. The number of hydrogen-bond donors (Lipinski definition) is 1. The van der Waals surface area contributed by atoms with Crippen molar-refractivity contribution in [1.82, 2.24) is 9.55 Å². The van der Waals surface area contributed by atoms with E-state index in [2.05, 4.69) is 4.98 Å². The fourth-order valence-corrected chi connectivity index (χ4v) is 2.14. The van der Waals surface area contributed by atoms with E-state index in [9.17, 15) is 4.79 Å². The third-order valence-electron chi connectivity index (χ3n) is 3.03. The zero-order valence-electron chi connectivity index (χ0n) is 11.3. The standard InChI is InChI=1S/C13H21N3O2/c1-13(2,3)18-12(17)10-8-16-7-9(6-14)4-5-11(16)15-10/h8-9H,4-7,14H2,1-3H3. The van der Waals surface area contributed by atoms with Gasteiger partial charge in [0.05, 0.1) is 0 Å². The molecule has 0 amide bonds. The highest BCUT2D eigenvalue weighted by molar-refractivity contribution is 5.87. The van der Waals surface area contributed by atoms with Gasteiger partial charge < -0.3 is 15.0 Å². The van der Waals surface area contributed by atoms with Gasteiger partial charge in [-0.05, 0) is 39.7 Å². The number of esters is 1. The lowest BCUT2D eigenvalue weighted by atomic mass is 10.00. The van der Waals surface area contributed by atoms with Crippen molar-refractivity contribution in [2.45, 2.75) is 45.8 Å². The first kappa shape index (κ1) is 13.1. The Bertz CT molecular complexity index is 446. The van der Waals surface area contributed by atoms with Crippen molar-refractivity contribution in [3.63, 3.8) is 0 Å². The van der Waals surface area contributed by atoms with Gasteiger partial charge in [0.2, 0.25) is 0 Å². The number of nitrogens with zero attached hydrogens (tertiary/aromatic N) is 2. The van der Waals surface area contributed by atoms with E-state index in [1.807, 2.05) is 25.3 Å². The second kappa shape index (κ2) is 4.72. The molecule has 0 spiro atoms. The van der Waals surface area contributed by atoms with Gasteiger partial charge in [-0.3, -0.25) is 0 Å². The smallest absolute Gasteiger partial charge is 0.359 e. The van der Waals surface area contributed by atoms with Crippen LogP contribution in [-0.4, -0.2) is 27.7 Å². The van der Waals surface area contributed by atoms with Crippen molar-refractivity contribution in [3.05, 3.63) is 17.7 Å². The van der Waals surface area contributed by atoms with E-state index >= 15 is 0 Å². The van der Waals surface area contributed by atoms with Gasteiger partial charge in [-0.2, -0.15) is 0 Å². The maximum atomic E-state index is 11.9. The van der Waals surface area contributed by atoms with Gasteiger partial charge in [0.15, 0.2) is 5.69 Å². The largest absolute Gasteiger partial charge is 0.455 e. The average Bonchev–Trinajstić information content (AvgIpc) is 2.69. The molecule has 0 bridgehead atoms. The van der Waals surface area contributed by atoms with Crippen LogP contribution in [0.1, 0.15) is 43.5 Å². The van der Waals surface area contributed by atoms with E-state index in [-0.39, 0.29) is 5.97 Å². The summed E-state index contributed by atoms with van der Waals surface area (Å²) >= 11 is 0. The molecule has 0 aliphatic carbocycles. The highest BCUT2D eigenvalue weighted by Gasteiger charge is 2.24. The van der Waals surface area contributed by atoms with Crippen molar-refractivity contribution in [1.29, 1.82) is 0 Å². The van der Waals surface area contributed by atoms with Crippen LogP contribution in [0.2, 0.25) is 0 Å². The Labute approximate surface area is 107 Å². The molecule has 0 radical (unpaired) electrons. The predicted molar refractivity (Wildman–Crippen MR) is 68.3 cm³/mol. The second-order valence-electron chi connectivity index (χ2n) is 5.84. The number of rotatable bonds is 2. The number of hydrogen-bond acceptors (Lipinski definition) is 4. The fraction of sp³-hybridized carbons (Fsp3) is 0.692. The second-order valence-corrected chi connectivity index (χ2v) is 5.84. The number of ether oxygens (including phenoxy) is 1. The van der Waals surface area contributed by atoms with E-state index in [0.717, 1.165) is 25.2 Å². The Morgan fingerprint density at radius 3 is 2.94 bits per heavy atom. The van der Waals surface area contributed by atoms with E-state index < -0.39 is 5.60 Å². The Balaban J connectivity index is 2.13. The molecule has 0 fully saturated rings. The number of nitrogens with two attached hydrogens (primary N) is 1. The molecule has 0 saturated carbocycles. The average molecular weight is 251 g/mol. The minimum atomic E-state index is -0.485. The van der Waals surface area contributed by atoms with Crippen molar-refractivity contribution in [2.24, 2.45) is 11.7 Å². The summed E-state index contributed by atoms with van der Waals surface area (Å²) in [6, 6.07) is 0. The number of carbonyl (C=O) groups excluding carboxylic acids is 1. The molecule has 1 aromatic rings. The molecule has 1 aliphatic heterocycles. The summed E-state index contributed by atoms with van der Waals surface area (Å²) in [6.07, 6.45) is 3.71. The zero-order valence-corrected chi connectivity index (χ0v) is 11.3. The maximum absolute atomic E-state index is 11.9. The topological polar surface area (TPSA) is 70.1 Å². The first-order chi connectivity index (χ1) is 8.39. The normalized spacial score (nSPS) is 19.4. The van der Waals surface area contributed by atoms with Crippen LogP contribution in [0.5, 0.6) is 0 Å². The zero-order chi connectivity index (χ0) is 13.3. The monoisotopic (exact) mass is 251 g/mol. The summed E-state index contributed by atoms with van der Waals surface area (Å²) in [5.74, 6) is 1.09. The minimum absolute atomic E-state index is 0.353. The van der Waals surface area contributed by atoms with Crippen molar-refractivity contribution in [2.75, 3.05) is 6.54 Å². The lowest BCUT2D eigenvalue weighted by molar-refractivity contribution is 0.00632. The first-order valence-electron chi connectivity index (χ1n) is 6.38. The van der Waals surface area contributed by atoms with E-state index in [0.29, 0.717) is 18.2 Å². The molecule has 100 valence electrons. The summed E-state index contributed by atoms with van der Waals surface area (Å²) in [7, 11) is 0. The molecule has 2 rings (SSSR count). The van der Waals surface area contributed by atoms with Crippen molar-refractivity contribution < 1.29 is 9.53 Å². The van der Waals surface area contributed by atoms with Gasteiger partial charge >= 0.3 is 5.97 Å². The van der Waals surface area contributed by atoms with Gasteiger partial charge in [0.1, 0.15) is 11.4 Å². The molecule has 5 nitrogen and oxygen atoms in total. The van der Waals surface area contributed by atoms with Gasteiger partial charge in [0, 0.05) is 19.2 Å². The summed E-state index contributed by atoms with van der Waals surface area (Å²) in [5.41, 5.74) is 5.60. The Hall–Kier alpha value is -1.36. The van der Waals surface area contributed by atoms with Crippen molar-refractivity contribution in [3.8, 4) is 0 Å². The Morgan fingerprint density at radius 2 is 2.33 bits per heavy atom. The number of carbonyl (C=O) groups is 1. The highest BCUT2D eigenvalue weighted by Crippen LogP contribution is 2.20. The number of imidazole rings is 1. The van der Waals surface area contributed by atoms with Crippen LogP contribution in [0.15, 0.2) is 6.20 Å². The van der Waals surface area contributed by atoms with E-state index in [1.54, 1.807) is 6.20 Å². The van der Waals surface area contributed by atoms with Gasteiger partial charge in [-0.25, -0.2) is 9.78 Å². The van der Waals surface area contributed by atoms with Crippen molar-refractivity contribution >= 4 is 5.97 Å². The molecular formula is C13H21N3O2. The van der Waals surface area contributed by atoms with Gasteiger partial charge in [-0.15, -0.1) is 0 Å². The minimum Gasteiger partial charge on any atom is -0.455 e. The van der Waals surface area contributed by atoms with Crippen LogP contribution in [0.4, 0.5) is 0 Å². The maximum Gasteiger partial charge on any atom is 0.359 e. The molecule has 2 N–H and O–H groups in total. The molecule has 0 aromatic carbocycles. The molecule has 1 atom stereocenters. The van der Waals surface area contributed by atoms with Crippen LogP contribution in [0.25, 0.3) is 0 Å².